The Morgan fingerprint density at radius 2 is 1.86 bits per heavy atom. The van der Waals surface area contributed by atoms with Crippen LogP contribution < -0.4 is 4.87 Å². The minimum Gasteiger partial charge on any atom is -0.337 e. The molecule has 0 bridgehead atoms. The van der Waals surface area contributed by atoms with Gasteiger partial charge in [-0.05, 0) is 23.8 Å². The van der Waals surface area contributed by atoms with Gasteiger partial charge >= 0.3 is 4.87 Å². The quantitative estimate of drug-likeness (QED) is 0.617. The summed E-state index contributed by atoms with van der Waals surface area (Å²) in [6, 6.07) is 15.2. The number of piperazine rings is 1. The van der Waals surface area contributed by atoms with Crippen LogP contribution in [-0.4, -0.2) is 52.8 Å². The van der Waals surface area contributed by atoms with Crippen LogP contribution in [0, 0.1) is 0 Å². The number of hydrogen-bond donors (Lipinski definition) is 0. The summed E-state index contributed by atoms with van der Waals surface area (Å²) in [5.41, 5.74) is 1.75. The number of aromatic nitrogens is 1. The number of benzene rings is 2. The Morgan fingerprint density at radius 1 is 1.11 bits per heavy atom. The summed E-state index contributed by atoms with van der Waals surface area (Å²) in [6.07, 6.45) is 1.83. The molecule has 1 fully saturated rings. The number of nitrogens with zero attached hydrogens (tertiary/aromatic N) is 4. The largest absolute Gasteiger partial charge is 0.337 e. The molecule has 0 spiro atoms. The van der Waals surface area contributed by atoms with Gasteiger partial charge < -0.3 is 4.90 Å². The van der Waals surface area contributed by atoms with E-state index in [9.17, 15) is 9.59 Å². The molecule has 1 aromatic heterocycles. The smallest absolute Gasteiger partial charge is 0.308 e. The van der Waals surface area contributed by atoms with E-state index in [1.165, 1.54) is 4.57 Å². The first-order valence-corrected chi connectivity index (χ1v) is 10.2. The first kappa shape index (κ1) is 18.7. The molecule has 2 heterocycles. The standard InChI is InChI=1S/C20H19ClN4O2S/c21-16-6-7-18-17(12-16)25(20(27)28-18)14-19(26)23-8-10-24(11-9-23)22-13-15-4-2-1-3-5-15/h1-7,12-13H,8-11,14H2/b22-13+. The maximum Gasteiger partial charge on any atom is 0.308 e. The molecule has 3 aromatic rings. The zero-order valence-electron chi connectivity index (χ0n) is 15.1. The fourth-order valence-electron chi connectivity index (χ4n) is 3.17. The van der Waals surface area contributed by atoms with E-state index in [4.69, 9.17) is 11.6 Å². The number of rotatable bonds is 4. The molecule has 1 amide bonds. The van der Waals surface area contributed by atoms with Crippen molar-refractivity contribution < 1.29 is 4.79 Å². The predicted molar refractivity (Wildman–Crippen MR) is 113 cm³/mol. The lowest BCUT2D eigenvalue weighted by Gasteiger charge is -2.33. The Hall–Kier alpha value is -2.64. The highest BCUT2D eigenvalue weighted by Crippen LogP contribution is 2.21. The Labute approximate surface area is 171 Å². The second kappa shape index (κ2) is 8.16. The van der Waals surface area contributed by atoms with E-state index in [1.54, 1.807) is 17.0 Å². The number of hydrogen-bond acceptors (Lipinski definition) is 5. The van der Waals surface area contributed by atoms with Crippen LogP contribution in [0.1, 0.15) is 5.56 Å². The molecule has 1 saturated heterocycles. The molecule has 0 unspecified atom stereocenters. The van der Waals surface area contributed by atoms with Crippen molar-refractivity contribution in [3.05, 3.63) is 68.8 Å². The number of amides is 1. The van der Waals surface area contributed by atoms with Crippen LogP contribution in [0.2, 0.25) is 5.02 Å². The number of hydrazone groups is 1. The van der Waals surface area contributed by atoms with Crippen molar-refractivity contribution in [2.24, 2.45) is 5.10 Å². The molecule has 2 aromatic carbocycles. The summed E-state index contributed by atoms with van der Waals surface area (Å²) in [7, 11) is 0. The zero-order valence-corrected chi connectivity index (χ0v) is 16.7. The Morgan fingerprint density at radius 3 is 2.61 bits per heavy atom. The molecule has 144 valence electrons. The summed E-state index contributed by atoms with van der Waals surface area (Å²) in [5.74, 6) is -0.0616. The molecular weight excluding hydrogens is 396 g/mol. The SMILES string of the molecule is O=C(Cn1c(=O)sc2ccc(Cl)cc21)N1CCN(/N=C/c2ccccc2)CC1. The third-order valence-electron chi connectivity index (χ3n) is 4.70. The van der Waals surface area contributed by atoms with E-state index in [0.717, 1.165) is 21.6 Å². The Kier molecular flexibility index (Phi) is 5.45. The van der Waals surface area contributed by atoms with Gasteiger partial charge in [0.2, 0.25) is 5.91 Å². The van der Waals surface area contributed by atoms with E-state index >= 15 is 0 Å². The third-order valence-corrected chi connectivity index (χ3v) is 5.90. The van der Waals surface area contributed by atoms with E-state index in [-0.39, 0.29) is 17.3 Å². The van der Waals surface area contributed by atoms with E-state index in [1.807, 2.05) is 47.6 Å². The number of carbonyl (C=O) groups excluding carboxylic acids is 1. The maximum atomic E-state index is 12.7. The van der Waals surface area contributed by atoms with Crippen molar-refractivity contribution in [3.63, 3.8) is 0 Å². The average Bonchev–Trinajstić information content (AvgIpc) is 3.02. The molecule has 0 radical (unpaired) electrons. The predicted octanol–water partition coefficient (Wildman–Crippen LogP) is 2.89. The van der Waals surface area contributed by atoms with Gasteiger partial charge in [-0.25, -0.2) is 0 Å². The van der Waals surface area contributed by atoms with Crippen LogP contribution in [-0.2, 0) is 11.3 Å². The summed E-state index contributed by atoms with van der Waals surface area (Å²) < 4.78 is 2.34. The lowest BCUT2D eigenvalue weighted by molar-refractivity contribution is -0.133. The molecule has 1 aliphatic rings. The highest BCUT2D eigenvalue weighted by Gasteiger charge is 2.21. The monoisotopic (exact) mass is 414 g/mol. The summed E-state index contributed by atoms with van der Waals surface area (Å²) in [4.78, 5) is 26.6. The van der Waals surface area contributed by atoms with E-state index < -0.39 is 0 Å². The molecule has 28 heavy (non-hydrogen) atoms. The van der Waals surface area contributed by atoms with Gasteiger partial charge in [0.1, 0.15) is 6.54 Å². The molecule has 0 N–H and O–H groups in total. The number of carbonyl (C=O) groups is 1. The second-order valence-corrected chi connectivity index (χ2v) is 7.99. The summed E-state index contributed by atoms with van der Waals surface area (Å²) in [5, 5.41) is 7.00. The van der Waals surface area contributed by atoms with Gasteiger partial charge in [0.25, 0.3) is 0 Å². The van der Waals surface area contributed by atoms with Gasteiger partial charge in [0.15, 0.2) is 0 Å². The van der Waals surface area contributed by atoms with Crippen LogP contribution in [0.5, 0.6) is 0 Å². The van der Waals surface area contributed by atoms with Crippen molar-refractivity contribution in [1.82, 2.24) is 14.5 Å². The normalized spacial score (nSPS) is 14.9. The number of halogens is 1. The van der Waals surface area contributed by atoms with Crippen molar-refractivity contribution in [3.8, 4) is 0 Å². The fourth-order valence-corrected chi connectivity index (χ4v) is 4.21. The van der Waals surface area contributed by atoms with Crippen LogP contribution in [0.4, 0.5) is 0 Å². The summed E-state index contributed by atoms with van der Waals surface area (Å²) in [6.45, 7) is 2.54. The van der Waals surface area contributed by atoms with Crippen LogP contribution in [0.25, 0.3) is 10.2 Å². The van der Waals surface area contributed by atoms with Gasteiger partial charge in [-0.1, -0.05) is 53.3 Å². The minimum atomic E-state index is -0.142. The lowest BCUT2D eigenvalue weighted by Crippen LogP contribution is -2.48. The van der Waals surface area contributed by atoms with Crippen molar-refractivity contribution in [1.29, 1.82) is 0 Å². The summed E-state index contributed by atoms with van der Waals surface area (Å²) >= 11 is 7.18. The zero-order chi connectivity index (χ0) is 19.5. The first-order valence-electron chi connectivity index (χ1n) is 9.01. The molecule has 8 heteroatoms. The fraction of sp³-hybridized carbons (Fsp3) is 0.250. The maximum absolute atomic E-state index is 12.7. The Balaban J connectivity index is 1.38. The van der Waals surface area contributed by atoms with Gasteiger partial charge in [0.05, 0.1) is 29.5 Å². The molecule has 0 saturated carbocycles. The van der Waals surface area contributed by atoms with Crippen molar-refractivity contribution >= 4 is 45.3 Å². The highest BCUT2D eigenvalue weighted by atomic mass is 35.5. The molecule has 0 atom stereocenters. The van der Waals surface area contributed by atoms with E-state index in [0.29, 0.717) is 36.7 Å². The van der Waals surface area contributed by atoms with Gasteiger partial charge in [-0.15, -0.1) is 0 Å². The molecule has 6 nitrogen and oxygen atoms in total. The third kappa shape index (κ3) is 4.10. The Bertz CT molecular complexity index is 1070. The van der Waals surface area contributed by atoms with Crippen LogP contribution in [0.15, 0.2) is 58.4 Å². The van der Waals surface area contributed by atoms with Crippen molar-refractivity contribution in [2.75, 3.05) is 26.2 Å². The van der Waals surface area contributed by atoms with Gasteiger partial charge in [-0.2, -0.15) is 5.10 Å². The molecular formula is C20H19ClN4O2S. The second-order valence-electron chi connectivity index (χ2n) is 6.56. The van der Waals surface area contributed by atoms with Crippen LogP contribution in [0.3, 0.4) is 0 Å². The molecule has 1 aliphatic heterocycles. The first-order chi connectivity index (χ1) is 13.6. The lowest BCUT2D eigenvalue weighted by atomic mass is 10.2. The highest BCUT2D eigenvalue weighted by molar-refractivity contribution is 7.16. The minimum absolute atomic E-state index is 0.0342. The van der Waals surface area contributed by atoms with Gasteiger partial charge in [-0.3, -0.25) is 19.2 Å². The topological polar surface area (TPSA) is 57.9 Å². The van der Waals surface area contributed by atoms with Gasteiger partial charge in [0, 0.05) is 18.1 Å². The van der Waals surface area contributed by atoms with Crippen molar-refractivity contribution in [2.45, 2.75) is 6.54 Å². The number of thiazole rings is 1. The number of fused-ring (bicyclic) bond motifs is 1. The molecule has 4 rings (SSSR count). The van der Waals surface area contributed by atoms with E-state index in [2.05, 4.69) is 5.10 Å². The average molecular weight is 415 g/mol. The van der Waals surface area contributed by atoms with Crippen LogP contribution >= 0.6 is 22.9 Å². The molecule has 0 aliphatic carbocycles.